The van der Waals surface area contributed by atoms with Crippen molar-refractivity contribution >= 4 is 40.9 Å². The molecule has 4 amide bonds. The van der Waals surface area contributed by atoms with Gasteiger partial charge in [0.15, 0.2) is 0 Å². The lowest BCUT2D eigenvalue weighted by molar-refractivity contribution is -0.140. The molecule has 276 valence electrons. The molecule has 0 radical (unpaired) electrons. The van der Waals surface area contributed by atoms with Gasteiger partial charge in [-0.15, -0.1) is 0 Å². The van der Waals surface area contributed by atoms with Gasteiger partial charge in [-0.1, -0.05) is 73.3 Å². The fourth-order valence-corrected chi connectivity index (χ4v) is 7.84. The third kappa shape index (κ3) is 8.94. The summed E-state index contributed by atoms with van der Waals surface area (Å²) < 4.78 is 0. The number of para-hydroxylation sites is 1. The van der Waals surface area contributed by atoms with Crippen LogP contribution >= 0.6 is 11.6 Å². The lowest BCUT2D eigenvalue weighted by Gasteiger charge is -2.44. The van der Waals surface area contributed by atoms with Gasteiger partial charge in [0.25, 0.3) is 11.8 Å². The summed E-state index contributed by atoms with van der Waals surface area (Å²) in [4.78, 5) is 60.7. The number of carbonyl (C=O) groups excluding carboxylic acids is 4. The van der Waals surface area contributed by atoms with Crippen LogP contribution in [0.1, 0.15) is 66.4 Å². The summed E-state index contributed by atoms with van der Waals surface area (Å²) in [5.74, 6) is -0.808. The number of nitrogens with zero attached hydrogens (tertiary/aromatic N) is 3. The second kappa shape index (κ2) is 17.4. The lowest BCUT2D eigenvalue weighted by Crippen LogP contribution is -2.60. The third-order valence-electron chi connectivity index (χ3n) is 10.6. The van der Waals surface area contributed by atoms with Crippen molar-refractivity contribution in [1.29, 1.82) is 0 Å². The predicted octanol–water partition coefficient (Wildman–Crippen LogP) is 3.88. The van der Waals surface area contributed by atoms with Crippen LogP contribution in [-0.4, -0.2) is 95.6 Å². The largest absolute Gasteiger partial charge is 0.395 e. The number of amides is 4. The maximum absolute atomic E-state index is 14.3. The van der Waals surface area contributed by atoms with E-state index < -0.39 is 11.6 Å². The van der Waals surface area contributed by atoms with E-state index in [0.717, 1.165) is 42.5 Å². The van der Waals surface area contributed by atoms with Crippen LogP contribution in [-0.2, 0) is 27.3 Å². The van der Waals surface area contributed by atoms with Crippen molar-refractivity contribution < 1.29 is 24.3 Å². The van der Waals surface area contributed by atoms with Gasteiger partial charge in [-0.25, -0.2) is 0 Å². The van der Waals surface area contributed by atoms with Gasteiger partial charge in [-0.3, -0.25) is 19.2 Å². The first-order valence-electron chi connectivity index (χ1n) is 18.4. The molecule has 3 fully saturated rings. The van der Waals surface area contributed by atoms with E-state index in [-0.39, 0.29) is 49.2 Å². The summed E-state index contributed by atoms with van der Waals surface area (Å²) in [5, 5.41) is 18.9. The molecule has 0 aromatic heterocycles. The predicted molar refractivity (Wildman–Crippen MR) is 201 cm³/mol. The van der Waals surface area contributed by atoms with E-state index in [4.69, 9.17) is 16.7 Å². The smallest absolute Gasteiger partial charge is 0.251 e. The second-order valence-corrected chi connectivity index (χ2v) is 14.6. The van der Waals surface area contributed by atoms with Crippen LogP contribution in [0.5, 0.6) is 0 Å². The first-order valence-corrected chi connectivity index (χ1v) is 18.8. The Morgan fingerprint density at radius 2 is 1.56 bits per heavy atom. The van der Waals surface area contributed by atoms with Gasteiger partial charge in [0.2, 0.25) is 11.8 Å². The van der Waals surface area contributed by atoms with Crippen molar-refractivity contribution in [3.8, 4) is 0 Å². The number of rotatable bonds is 13. The van der Waals surface area contributed by atoms with Gasteiger partial charge in [0.1, 0.15) is 18.1 Å². The van der Waals surface area contributed by atoms with E-state index in [0.29, 0.717) is 56.3 Å². The minimum atomic E-state index is -0.897. The average molecular weight is 729 g/mol. The molecule has 2 aliphatic heterocycles. The zero-order valence-corrected chi connectivity index (χ0v) is 30.3. The quantitative estimate of drug-likeness (QED) is 0.197. The molecular weight excluding hydrogens is 680 g/mol. The van der Waals surface area contributed by atoms with Gasteiger partial charge in [0, 0.05) is 54.9 Å². The molecule has 1 aliphatic carbocycles. The molecule has 52 heavy (non-hydrogen) atoms. The Labute approximate surface area is 310 Å². The number of halogens is 1. The van der Waals surface area contributed by atoms with Crippen molar-refractivity contribution in [1.82, 2.24) is 25.8 Å². The van der Waals surface area contributed by atoms with Gasteiger partial charge in [0.05, 0.1) is 13.3 Å². The normalized spacial score (nSPS) is 18.0. The Hall–Kier alpha value is -4.45. The molecule has 12 heteroatoms. The van der Waals surface area contributed by atoms with Gasteiger partial charge < -0.3 is 35.8 Å². The summed E-state index contributed by atoms with van der Waals surface area (Å²) >= 11 is 6.14. The molecule has 2 heterocycles. The summed E-state index contributed by atoms with van der Waals surface area (Å²) in [5.41, 5.74) is 2.25. The highest BCUT2D eigenvalue weighted by atomic mass is 35.5. The molecule has 4 N–H and O–H groups in total. The number of carbonyl (C=O) groups is 4. The lowest BCUT2D eigenvalue weighted by atomic mass is 9.85. The maximum atomic E-state index is 14.3. The van der Waals surface area contributed by atoms with Gasteiger partial charge >= 0.3 is 0 Å². The maximum Gasteiger partial charge on any atom is 0.251 e. The van der Waals surface area contributed by atoms with Gasteiger partial charge in [-0.05, 0) is 73.2 Å². The summed E-state index contributed by atoms with van der Waals surface area (Å²) in [7, 11) is 0. The number of anilines is 1. The minimum absolute atomic E-state index is 0.00158. The van der Waals surface area contributed by atoms with E-state index >= 15 is 0 Å². The van der Waals surface area contributed by atoms with Crippen LogP contribution in [0.15, 0.2) is 78.9 Å². The molecule has 2 saturated heterocycles. The van der Waals surface area contributed by atoms with Crippen LogP contribution in [0.3, 0.4) is 0 Å². The van der Waals surface area contributed by atoms with E-state index in [1.807, 2.05) is 54.6 Å². The van der Waals surface area contributed by atoms with Crippen LogP contribution in [0.25, 0.3) is 0 Å². The van der Waals surface area contributed by atoms with Crippen LogP contribution in [0, 0.1) is 0 Å². The number of hydrogen-bond donors (Lipinski definition) is 4. The Balaban J connectivity index is 1.16. The molecule has 11 nitrogen and oxygen atoms in total. The fourth-order valence-electron chi connectivity index (χ4n) is 7.72. The van der Waals surface area contributed by atoms with Crippen LogP contribution in [0.2, 0.25) is 5.02 Å². The number of likely N-dealkylation sites (tertiary alicyclic amines) is 1. The van der Waals surface area contributed by atoms with Crippen molar-refractivity contribution in [3.63, 3.8) is 0 Å². The number of hydrogen-bond acceptors (Lipinski definition) is 7. The molecule has 1 atom stereocenters. The Kier molecular flexibility index (Phi) is 12.5. The average Bonchev–Trinajstić information content (AvgIpc) is 3.42. The topological polar surface area (TPSA) is 134 Å². The number of aliphatic hydroxyl groups is 1. The molecule has 6 rings (SSSR count). The first-order chi connectivity index (χ1) is 25.3. The van der Waals surface area contributed by atoms with E-state index in [9.17, 15) is 19.2 Å². The Morgan fingerprint density at radius 3 is 2.23 bits per heavy atom. The second-order valence-electron chi connectivity index (χ2n) is 14.1. The third-order valence-corrected chi connectivity index (χ3v) is 10.8. The van der Waals surface area contributed by atoms with E-state index in [1.54, 1.807) is 34.1 Å². The molecule has 1 spiro atoms. The van der Waals surface area contributed by atoms with E-state index in [2.05, 4.69) is 20.9 Å². The summed E-state index contributed by atoms with van der Waals surface area (Å²) in [6.45, 7) is 2.01. The molecule has 0 unspecified atom stereocenters. The molecule has 3 aliphatic rings. The first kappa shape index (κ1) is 37.3. The molecule has 1 saturated carbocycles. The zero-order valence-electron chi connectivity index (χ0n) is 29.6. The molecule has 3 aromatic rings. The van der Waals surface area contributed by atoms with Crippen LogP contribution in [0.4, 0.5) is 5.69 Å². The highest BCUT2D eigenvalue weighted by Gasteiger charge is 2.54. The number of piperidine rings is 1. The number of nitrogens with one attached hydrogen (secondary N) is 3. The van der Waals surface area contributed by atoms with E-state index in [1.165, 1.54) is 6.42 Å². The Bertz CT molecular complexity index is 1670. The highest BCUT2D eigenvalue weighted by molar-refractivity contribution is 6.30. The molecule has 3 aromatic carbocycles. The highest BCUT2D eigenvalue weighted by Crippen LogP contribution is 2.39. The van der Waals surface area contributed by atoms with Crippen molar-refractivity contribution in [2.24, 2.45) is 0 Å². The summed E-state index contributed by atoms with van der Waals surface area (Å²) in [6, 6.07) is 23.5. The monoisotopic (exact) mass is 728 g/mol. The SMILES string of the molecule is O=C(CN1CN(c2ccccc2)C2(CCN(C(=O)[C@@H](Cc3ccc(Cl)cc3)NC(=O)c3ccc(CNCCO)cc3)CC2)C1=O)NC1CCCCC1. The van der Waals surface area contributed by atoms with Crippen molar-refractivity contribution in [3.05, 3.63) is 101 Å². The van der Waals surface area contributed by atoms with Crippen molar-refractivity contribution in [2.75, 3.05) is 44.4 Å². The summed E-state index contributed by atoms with van der Waals surface area (Å²) in [6.07, 6.45) is 6.40. The number of aliphatic hydroxyl groups excluding tert-OH is 1. The zero-order chi connectivity index (χ0) is 36.5. The Morgan fingerprint density at radius 1 is 0.885 bits per heavy atom. The standard InChI is InChI=1S/C40H49ClN6O5/c41-32-17-13-29(14-18-32)25-35(44-37(50)31-15-11-30(12-16-31)26-42-21-24-48)38(51)45-22-19-40(20-23-45)39(52)46(28-47(40)34-9-5-2-6-10-34)27-36(49)43-33-7-3-1-4-8-33/h2,5-6,9-18,33,35,42,48H,1,3-4,7-8,19-28H2,(H,43,49)(H,44,50)/t35-/m1/s1. The molecule has 0 bridgehead atoms. The fraction of sp³-hybridized carbons (Fsp3) is 0.450. The minimum Gasteiger partial charge on any atom is -0.395 e. The molecular formula is C40H49ClN6O5. The van der Waals surface area contributed by atoms with Crippen molar-refractivity contribution in [2.45, 2.75) is 75.5 Å². The van der Waals surface area contributed by atoms with Crippen LogP contribution < -0.4 is 20.9 Å². The van der Waals surface area contributed by atoms with Gasteiger partial charge in [-0.2, -0.15) is 0 Å². The number of benzene rings is 3.